The molecule has 13 aromatic rings. The Bertz CT molecular complexity index is 4540. The first kappa shape index (κ1) is 51.3. The van der Waals surface area contributed by atoms with Crippen molar-refractivity contribution < 1.29 is 9.15 Å². The predicted molar refractivity (Wildman–Crippen MR) is 335 cm³/mol. The van der Waals surface area contributed by atoms with Crippen molar-refractivity contribution >= 4 is 54.9 Å². The summed E-state index contributed by atoms with van der Waals surface area (Å²) in [5.41, 5.74) is 22.6. The lowest BCUT2D eigenvalue weighted by atomic mass is 9.88. The smallest absolute Gasteiger partial charge is 0.149 e. The second kappa shape index (κ2) is 20.2. The summed E-state index contributed by atoms with van der Waals surface area (Å²) in [4.78, 5) is 21.2. The molecule has 5 aromatic heterocycles. The number of aromatic nitrogens is 6. The Hall–Kier alpha value is -9.14. The molecule has 8 heteroatoms. The van der Waals surface area contributed by atoms with Crippen molar-refractivity contribution in [2.24, 2.45) is 0 Å². The number of para-hydroxylation sites is 4. The Kier molecular flexibility index (Phi) is 12.8. The van der Waals surface area contributed by atoms with Gasteiger partial charge in [0.1, 0.15) is 34.3 Å². The number of aryl methyl sites for hydroxylation is 3. The molecule has 0 saturated carbocycles. The molecule has 0 atom stereocenters. The van der Waals surface area contributed by atoms with Crippen LogP contribution in [-0.2, 0) is 0 Å². The van der Waals surface area contributed by atoms with Gasteiger partial charge < -0.3 is 9.15 Å². The van der Waals surface area contributed by atoms with Gasteiger partial charge in [-0.25, -0.2) is 9.97 Å². The number of nitrogens with zero attached hydrogens (tertiary/aromatic N) is 6. The number of ether oxygens (including phenoxy) is 1. The average molecular weight is 1060 g/mol. The largest absolute Gasteiger partial charge is 0.457 e. The van der Waals surface area contributed by atoms with E-state index in [0.29, 0.717) is 17.1 Å². The third-order valence-electron chi connectivity index (χ3n) is 16.1. The van der Waals surface area contributed by atoms with Crippen LogP contribution in [0.1, 0.15) is 118 Å². The minimum atomic E-state index is 0.179. The van der Waals surface area contributed by atoms with Gasteiger partial charge in [-0.3, -0.25) is 19.1 Å². The summed E-state index contributed by atoms with van der Waals surface area (Å²) in [6, 6.07) is 62.6. The molecule has 0 bridgehead atoms. The van der Waals surface area contributed by atoms with Gasteiger partial charge in [-0.15, -0.1) is 0 Å². The molecule has 13 rings (SSSR count). The molecule has 400 valence electrons. The fraction of sp³-hybridized carbons (Fsp3) is 0.205. The number of furan rings is 1. The number of pyridine rings is 2. The van der Waals surface area contributed by atoms with Crippen LogP contribution in [0.3, 0.4) is 0 Å². The van der Waals surface area contributed by atoms with Gasteiger partial charge in [0, 0.05) is 22.3 Å². The maximum Gasteiger partial charge on any atom is 0.149 e. The molecule has 0 N–H and O–H groups in total. The summed E-state index contributed by atoms with van der Waals surface area (Å²) in [5, 5.41) is 2.70. The maximum atomic E-state index is 7.32. The van der Waals surface area contributed by atoms with Crippen molar-refractivity contribution in [3.63, 3.8) is 0 Å². The summed E-state index contributed by atoms with van der Waals surface area (Å²) >= 11 is 0. The van der Waals surface area contributed by atoms with Crippen LogP contribution in [0.15, 0.2) is 180 Å². The lowest BCUT2D eigenvalue weighted by Crippen LogP contribution is -2.09. The highest BCUT2D eigenvalue weighted by Gasteiger charge is 2.29. The molecule has 0 amide bonds. The number of rotatable bonds is 12. The number of benzene rings is 8. The highest BCUT2D eigenvalue weighted by Crippen LogP contribution is 2.47. The van der Waals surface area contributed by atoms with Crippen LogP contribution in [0.25, 0.3) is 111 Å². The van der Waals surface area contributed by atoms with E-state index in [1.165, 1.54) is 50.2 Å². The Morgan fingerprint density at radius 3 is 1.41 bits per heavy atom. The molecular weight excluding hydrogens is 993 g/mol. The lowest BCUT2D eigenvalue weighted by Gasteiger charge is -2.24. The SMILES string of the molecule is Cc1cc2nc(C)c3c4cc(Oc5cccc(-c6nc7ccccc7n6-c6c(C(C)C)cc(-c7ccccc7)cc6C(C)C)c5)cc(-c5nc6ccccc6n5-c5c(C(C)C)cc(-c6ccccc6)cc5C(C)C)c4oc3c2c(C)n1. The third kappa shape index (κ3) is 8.85. The van der Waals surface area contributed by atoms with Gasteiger partial charge in [0.2, 0.25) is 0 Å². The first-order chi connectivity index (χ1) is 39.2. The van der Waals surface area contributed by atoms with E-state index in [2.05, 4.69) is 235 Å². The van der Waals surface area contributed by atoms with E-state index >= 15 is 0 Å². The summed E-state index contributed by atoms with van der Waals surface area (Å²) in [6.07, 6.45) is 0. The first-order valence-corrected chi connectivity index (χ1v) is 28.6. The first-order valence-electron chi connectivity index (χ1n) is 28.6. The number of hydrogen-bond donors (Lipinski definition) is 0. The van der Waals surface area contributed by atoms with Gasteiger partial charge in [-0.05, 0) is 168 Å². The molecule has 0 spiro atoms. The molecule has 0 saturated heterocycles. The second-order valence-corrected chi connectivity index (χ2v) is 23.1. The second-order valence-electron chi connectivity index (χ2n) is 23.1. The molecule has 0 aliphatic heterocycles. The number of hydrogen-bond acceptors (Lipinski definition) is 6. The molecule has 0 fully saturated rings. The van der Waals surface area contributed by atoms with E-state index in [-0.39, 0.29) is 23.7 Å². The van der Waals surface area contributed by atoms with Gasteiger partial charge >= 0.3 is 0 Å². The zero-order chi connectivity index (χ0) is 56.0. The lowest BCUT2D eigenvalue weighted by molar-refractivity contribution is 0.483. The van der Waals surface area contributed by atoms with E-state index < -0.39 is 0 Å². The topological polar surface area (TPSA) is 83.8 Å². The molecule has 0 unspecified atom stereocenters. The van der Waals surface area contributed by atoms with Gasteiger partial charge in [0.25, 0.3) is 0 Å². The highest BCUT2D eigenvalue weighted by molar-refractivity contribution is 6.18. The number of fused-ring (bicyclic) bond motifs is 7. The Balaban J connectivity index is 1.04. The van der Waals surface area contributed by atoms with Crippen molar-refractivity contribution in [1.82, 2.24) is 29.1 Å². The fourth-order valence-electron chi connectivity index (χ4n) is 12.3. The molecule has 81 heavy (non-hydrogen) atoms. The molecule has 5 heterocycles. The summed E-state index contributed by atoms with van der Waals surface area (Å²) in [6.45, 7) is 24.5. The van der Waals surface area contributed by atoms with E-state index in [9.17, 15) is 0 Å². The van der Waals surface area contributed by atoms with E-state index in [0.717, 1.165) is 94.9 Å². The van der Waals surface area contributed by atoms with Crippen molar-refractivity contribution in [2.75, 3.05) is 0 Å². The van der Waals surface area contributed by atoms with Crippen LogP contribution >= 0.6 is 0 Å². The van der Waals surface area contributed by atoms with Crippen molar-refractivity contribution in [3.8, 4) is 67.9 Å². The van der Waals surface area contributed by atoms with Crippen LogP contribution in [0.2, 0.25) is 0 Å². The molecule has 8 aromatic carbocycles. The van der Waals surface area contributed by atoms with E-state index in [1.54, 1.807) is 0 Å². The molecular formula is C73H66N6O2. The molecule has 0 radical (unpaired) electrons. The van der Waals surface area contributed by atoms with Crippen molar-refractivity contribution in [2.45, 2.75) is 99.8 Å². The third-order valence-corrected chi connectivity index (χ3v) is 16.1. The van der Waals surface area contributed by atoms with Gasteiger partial charge in [-0.1, -0.05) is 152 Å². The Labute approximate surface area is 473 Å². The maximum absolute atomic E-state index is 7.32. The quantitative estimate of drug-likeness (QED) is 0.121. The van der Waals surface area contributed by atoms with Crippen molar-refractivity contribution in [1.29, 1.82) is 0 Å². The van der Waals surface area contributed by atoms with Crippen LogP contribution < -0.4 is 4.74 Å². The fourth-order valence-corrected chi connectivity index (χ4v) is 12.3. The zero-order valence-electron chi connectivity index (χ0n) is 48.1. The monoisotopic (exact) mass is 1060 g/mol. The van der Waals surface area contributed by atoms with Crippen LogP contribution in [0, 0.1) is 20.8 Å². The zero-order valence-corrected chi connectivity index (χ0v) is 48.1. The van der Waals surface area contributed by atoms with Gasteiger partial charge in [0.05, 0.1) is 61.0 Å². The van der Waals surface area contributed by atoms with Gasteiger partial charge in [-0.2, -0.15) is 0 Å². The van der Waals surface area contributed by atoms with Crippen LogP contribution in [0.4, 0.5) is 0 Å². The Morgan fingerprint density at radius 1 is 0.383 bits per heavy atom. The summed E-state index contributed by atoms with van der Waals surface area (Å²) in [7, 11) is 0. The van der Waals surface area contributed by atoms with Crippen molar-refractivity contribution in [3.05, 3.63) is 215 Å². The minimum Gasteiger partial charge on any atom is -0.457 e. The van der Waals surface area contributed by atoms with Gasteiger partial charge in [0.15, 0.2) is 0 Å². The molecule has 0 aliphatic rings. The normalized spacial score (nSPS) is 12.1. The number of imidazole rings is 2. The van der Waals surface area contributed by atoms with E-state index in [4.69, 9.17) is 29.1 Å². The summed E-state index contributed by atoms with van der Waals surface area (Å²) in [5.74, 6) is 3.71. The van der Waals surface area contributed by atoms with Crippen LogP contribution in [0.5, 0.6) is 11.5 Å². The van der Waals surface area contributed by atoms with Crippen LogP contribution in [-0.4, -0.2) is 29.1 Å². The average Bonchev–Trinajstić information content (AvgIpc) is 3.38. The molecule has 0 aliphatic carbocycles. The van der Waals surface area contributed by atoms with E-state index in [1.807, 2.05) is 26.0 Å². The standard InChI is InChI=1S/C73H66N6O2/c1-41(2)55-35-51(48-23-14-12-15-24-48)36-56(42(3)4)68(55)78-64-31-20-18-29-61(64)76-72(78)50-27-22-28-53(34-50)80-54-39-59-66-46(10)75-63-33-45(9)74-47(11)67(63)71(66)81-70(59)60(40-54)73-77-62-30-19-21-32-65(62)79(73)69-57(43(5)6)37-52(38-58(69)44(7)8)49-25-16-13-17-26-49/h12-44H,1-11H3. The highest BCUT2D eigenvalue weighted by atomic mass is 16.5. The molecule has 8 nitrogen and oxygen atoms in total. The Morgan fingerprint density at radius 2 is 0.864 bits per heavy atom. The predicted octanol–water partition coefficient (Wildman–Crippen LogP) is 20.1. The minimum absolute atomic E-state index is 0.179. The summed E-state index contributed by atoms with van der Waals surface area (Å²) < 4.78 is 19.4.